The topological polar surface area (TPSA) is 72.4 Å². The van der Waals surface area contributed by atoms with Crippen LogP contribution < -0.4 is 5.73 Å². The Morgan fingerprint density at radius 3 is 3.00 bits per heavy atom. The van der Waals surface area contributed by atoms with Gasteiger partial charge in [0.05, 0.1) is 4.92 Å². The molecule has 1 aliphatic heterocycles. The zero-order valence-electron chi connectivity index (χ0n) is 11.8. The molecule has 0 spiro atoms. The third kappa shape index (κ3) is 2.64. The van der Waals surface area contributed by atoms with Gasteiger partial charge in [-0.15, -0.1) is 11.3 Å². The Bertz CT molecular complexity index is 683. The number of fused-ring (bicyclic) bond motifs is 1. The molecule has 2 aromatic rings. The summed E-state index contributed by atoms with van der Waals surface area (Å²) in [6.45, 7) is 3.98. The van der Waals surface area contributed by atoms with E-state index < -0.39 is 4.92 Å². The van der Waals surface area contributed by atoms with Gasteiger partial charge in [-0.2, -0.15) is 0 Å². The van der Waals surface area contributed by atoms with Crippen molar-refractivity contribution in [3.05, 3.63) is 55.8 Å². The first kappa shape index (κ1) is 14.0. The number of nitrogen functional groups attached to an aromatic ring is 1. The fourth-order valence-electron chi connectivity index (χ4n) is 2.88. The number of nitro groups is 1. The quantitative estimate of drug-likeness (QED) is 0.536. The van der Waals surface area contributed by atoms with Gasteiger partial charge in [0, 0.05) is 30.1 Å². The minimum atomic E-state index is -0.444. The summed E-state index contributed by atoms with van der Waals surface area (Å²) in [6.07, 6.45) is 1.07. The Labute approximate surface area is 127 Å². The van der Waals surface area contributed by atoms with E-state index in [9.17, 15) is 10.1 Å². The van der Waals surface area contributed by atoms with Gasteiger partial charge in [0.25, 0.3) is 5.69 Å². The van der Waals surface area contributed by atoms with Crippen molar-refractivity contribution in [2.24, 2.45) is 0 Å². The molecule has 5 nitrogen and oxygen atoms in total. The van der Waals surface area contributed by atoms with Crippen LogP contribution in [0.5, 0.6) is 0 Å². The molecule has 21 heavy (non-hydrogen) atoms. The van der Waals surface area contributed by atoms with Gasteiger partial charge >= 0.3 is 0 Å². The summed E-state index contributed by atoms with van der Waals surface area (Å²) in [5.74, 6) is 0. The number of nitrogens with two attached hydrogens (primary N) is 1. The summed E-state index contributed by atoms with van der Waals surface area (Å²) < 4.78 is 0. The smallest absolute Gasteiger partial charge is 0.292 e. The van der Waals surface area contributed by atoms with Crippen molar-refractivity contribution in [3.8, 4) is 0 Å². The third-order valence-electron chi connectivity index (χ3n) is 4.08. The second-order valence-corrected chi connectivity index (χ2v) is 6.35. The molecular formula is C15H17N3O2S. The molecule has 0 aliphatic carbocycles. The van der Waals surface area contributed by atoms with Crippen LogP contribution in [-0.2, 0) is 13.0 Å². The van der Waals surface area contributed by atoms with E-state index in [2.05, 4.69) is 23.3 Å². The van der Waals surface area contributed by atoms with Gasteiger partial charge in [-0.05, 0) is 42.0 Å². The Balaban J connectivity index is 1.79. The summed E-state index contributed by atoms with van der Waals surface area (Å²) in [7, 11) is 0. The van der Waals surface area contributed by atoms with Gasteiger partial charge in [0.2, 0.25) is 0 Å². The maximum absolute atomic E-state index is 10.8. The number of nitro benzene ring substituents is 1. The van der Waals surface area contributed by atoms with Crippen LogP contribution in [0.3, 0.4) is 0 Å². The zero-order valence-corrected chi connectivity index (χ0v) is 12.6. The highest BCUT2D eigenvalue weighted by Crippen LogP contribution is 2.34. The number of nitrogens with zero attached hydrogens (tertiary/aromatic N) is 2. The van der Waals surface area contributed by atoms with E-state index in [0.717, 1.165) is 25.1 Å². The van der Waals surface area contributed by atoms with Crippen molar-refractivity contribution in [2.75, 3.05) is 12.3 Å². The lowest BCUT2D eigenvalue weighted by molar-refractivity contribution is -0.383. The number of anilines is 1. The number of hydrogen-bond donors (Lipinski definition) is 1. The van der Waals surface area contributed by atoms with Gasteiger partial charge in [-0.3, -0.25) is 15.0 Å². The summed E-state index contributed by atoms with van der Waals surface area (Å²) in [6, 6.07) is 7.57. The first-order valence-electron chi connectivity index (χ1n) is 6.89. The molecule has 0 saturated heterocycles. The summed E-state index contributed by atoms with van der Waals surface area (Å²) in [4.78, 5) is 14.2. The lowest BCUT2D eigenvalue weighted by Crippen LogP contribution is -2.32. The minimum absolute atomic E-state index is 0.0226. The van der Waals surface area contributed by atoms with Gasteiger partial charge in [0.15, 0.2) is 0 Å². The second-order valence-electron chi connectivity index (χ2n) is 5.35. The fraction of sp³-hybridized carbons (Fsp3) is 0.333. The summed E-state index contributed by atoms with van der Waals surface area (Å²) >= 11 is 1.82. The van der Waals surface area contributed by atoms with Crippen LogP contribution in [0.15, 0.2) is 29.6 Å². The number of thiophene rings is 1. The van der Waals surface area contributed by atoms with E-state index in [4.69, 9.17) is 5.73 Å². The maximum Gasteiger partial charge on any atom is 0.292 e. The molecule has 2 heterocycles. The lowest BCUT2D eigenvalue weighted by atomic mass is 10.0. The molecule has 2 N–H and O–H groups in total. The van der Waals surface area contributed by atoms with Crippen LogP contribution in [0.1, 0.15) is 29.0 Å². The van der Waals surface area contributed by atoms with Crippen LogP contribution in [-0.4, -0.2) is 16.4 Å². The van der Waals surface area contributed by atoms with E-state index in [1.807, 2.05) is 11.3 Å². The fourth-order valence-corrected chi connectivity index (χ4v) is 3.84. The Morgan fingerprint density at radius 2 is 2.29 bits per heavy atom. The molecule has 0 saturated carbocycles. The Hall–Kier alpha value is -1.92. The molecule has 1 atom stereocenters. The molecule has 1 aromatic carbocycles. The molecule has 0 fully saturated rings. The molecule has 1 aliphatic rings. The van der Waals surface area contributed by atoms with Gasteiger partial charge in [-0.1, -0.05) is 6.07 Å². The lowest BCUT2D eigenvalue weighted by Gasteiger charge is -2.33. The number of rotatable bonds is 3. The number of benzene rings is 1. The molecule has 1 unspecified atom stereocenters. The maximum atomic E-state index is 10.8. The van der Waals surface area contributed by atoms with Crippen LogP contribution in [0.2, 0.25) is 0 Å². The van der Waals surface area contributed by atoms with Crippen molar-refractivity contribution in [1.82, 2.24) is 4.90 Å². The van der Waals surface area contributed by atoms with Crippen LogP contribution in [0.25, 0.3) is 0 Å². The van der Waals surface area contributed by atoms with Gasteiger partial charge in [-0.25, -0.2) is 0 Å². The second kappa shape index (κ2) is 5.46. The average molecular weight is 303 g/mol. The largest absolute Gasteiger partial charge is 0.393 e. The van der Waals surface area contributed by atoms with E-state index in [0.29, 0.717) is 6.04 Å². The molecule has 0 radical (unpaired) electrons. The highest BCUT2D eigenvalue weighted by atomic mass is 32.1. The third-order valence-corrected chi connectivity index (χ3v) is 5.07. The van der Waals surface area contributed by atoms with E-state index in [1.54, 1.807) is 12.1 Å². The van der Waals surface area contributed by atoms with Crippen LogP contribution >= 0.6 is 11.3 Å². The predicted molar refractivity (Wildman–Crippen MR) is 84.4 cm³/mol. The van der Waals surface area contributed by atoms with Gasteiger partial charge < -0.3 is 5.73 Å². The van der Waals surface area contributed by atoms with Crippen molar-refractivity contribution in [1.29, 1.82) is 0 Å². The van der Waals surface area contributed by atoms with Crippen LogP contribution in [0, 0.1) is 10.1 Å². The van der Waals surface area contributed by atoms with E-state index in [1.165, 1.54) is 16.5 Å². The predicted octanol–water partition coefficient (Wildman–Crippen LogP) is 3.36. The first-order chi connectivity index (χ1) is 10.1. The van der Waals surface area contributed by atoms with Gasteiger partial charge in [0.1, 0.15) is 5.69 Å². The number of hydrogen-bond acceptors (Lipinski definition) is 5. The zero-order chi connectivity index (χ0) is 15.0. The molecule has 0 bridgehead atoms. The molecule has 3 rings (SSSR count). The molecule has 0 amide bonds. The summed E-state index contributed by atoms with van der Waals surface area (Å²) in [5, 5.41) is 12.9. The van der Waals surface area contributed by atoms with Crippen LogP contribution in [0.4, 0.5) is 11.4 Å². The average Bonchev–Trinajstić information content (AvgIpc) is 2.91. The normalized spacial score (nSPS) is 18.4. The van der Waals surface area contributed by atoms with E-state index in [-0.39, 0.29) is 11.4 Å². The highest BCUT2D eigenvalue weighted by Gasteiger charge is 2.25. The minimum Gasteiger partial charge on any atom is -0.393 e. The molecule has 110 valence electrons. The molecule has 6 heteroatoms. The molecule has 1 aromatic heterocycles. The van der Waals surface area contributed by atoms with Crippen molar-refractivity contribution >= 4 is 22.7 Å². The van der Waals surface area contributed by atoms with Crippen molar-refractivity contribution in [2.45, 2.75) is 25.9 Å². The Morgan fingerprint density at radius 1 is 1.48 bits per heavy atom. The SMILES string of the molecule is CC1c2ccsc2CCN1Cc1ccc([N+](=O)[O-])c(N)c1. The van der Waals surface area contributed by atoms with Crippen molar-refractivity contribution in [3.63, 3.8) is 0 Å². The van der Waals surface area contributed by atoms with E-state index >= 15 is 0 Å². The standard InChI is InChI=1S/C15H17N3O2S/c1-10-12-5-7-21-15(12)4-6-17(10)9-11-2-3-14(18(19)20)13(16)8-11/h2-3,5,7-8,10H,4,6,9,16H2,1H3. The Kier molecular flexibility index (Phi) is 3.65. The monoisotopic (exact) mass is 303 g/mol. The highest BCUT2D eigenvalue weighted by molar-refractivity contribution is 7.10. The first-order valence-corrected chi connectivity index (χ1v) is 7.77. The summed E-state index contributed by atoms with van der Waals surface area (Å²) in [5.41, 5.74) is 8.40. The molecular weight excluding hydrogens is 286 g/mol. The van der Waals surface area contributed by atoms with Crippen molar-refractivity contribution < 1.29 is 4.92 Å².